The summed E-state index contributed by atoms with van der Waals surface area (Å²) in [4.78, 5) is 26.3. The number of benzene rings is 2. The summed E-state index contributed by atoms with van der Waals surface area (Å²) < 4.78 is 57.3. The number of nitrogens with two attached hydrogens (primary N) is 1. The number of nitrogens with zero attached hydrogens (tertiary/aromatic N) is 2. The first-order valence-corrected chi connectivity index (χ1v) is 13.0. The lowest BCUT2D eigenvalue weighted by Crippen LogP contribution is -2.49. The van der Waals surface area contributed by atoms with Crippen molar-refractivity contribution in [3.8, 4) is 5.75 Å². The second-order valence-electron chi connectivity index (χ2n) is 9.13. The molecule has 1 aliphatic rings. The number of hydrogen-bond donors (Lipinski definition) is 2. The average Bonchev–Trinajstić information content (AvgIpc) is 3.03. The first-order chi connectivity index (χ1) is 18.0. The van der Waals surface area contributed by atoms with Crippen molar-refractivity contribution in [2.45, 2.75) is 55.5 Å². The minimum atomic E-state index is -4.80. The summed E-state index contributed by atoms with van der Waals surface area (Å²) in [6, 6.07) is 9.10. The van der Waals surface area contributed by atoms with Crippen LogP contribution in [0, 0.1) is 5.82 Å². The molecule has 3 aromatic rings. The van der Waals surface area contributed by atoms with Gasteiger partial charge in [-0.1, -0.05) is 37.3 Å². The van der Waals surface area contributed by atoms with Crippen molar-refractivity contribution in [1.29, 1.82) is 0 Å². The molecule has 2 aromatic carbocycles. The number of aromatic hydroxyl groups is 1. The van der Waals surface area contributed by atoms with E-state index in [9.17, 15) is 32.3 Å². The fourth-order valence-corrected chi connectivity index (χ4v) is 6.04. The number of rotatable bonds is 6. The van der Waals surface area contributed by atoms with Gasteiger partial charge >= 0.3 is 6.18 Å². The van der Waals surface area contributed by atoms with Gasteiger partial charge in [0.1, 0.15) is 11.9 Å². The van der Waals surface area contributed by atoms with E-state index < -0.39 is 53.3 Å². The van der Waals surface area contributed by atoms with E-state index in [1.165, 1.54) is 17.8 Å². The number of amides is 1. The molecule has 0 bridgehead atoms. The Balaban J connectivity index is 1.81. The number of halogens is 4. The van der Waals surface area contributed by atoms with Gasteiger partial charge in [-0.05, 0) is 48.1 Å². The van der Waals surface area contributed by atoms with Gasteiger partial charge in [-0.15, -0.1) is 11.8 Å². The van der Waals surface area contributed by atoms with E-state index >= 15 is 0 Å². The molecule has 3 N–H and O–H groups in total. The second kappa shape index (κ2) is 10.7. The Labute approximate surface area is 221 Å². The van der Waals surface area contributed by atoms with E-state index in [4.69, 9.17) is 5.84 Å². The van der Waals surface area contributed by atoms with Crippen molar-refractivity contribution < 1.29 is 27.5 Å². The number of carbonyl (C=O) groups is 1. The maximum absolute atomic E-state index is 14.9. The molecule has 202 valence electrons. The molecular formula is C27H27F4N3O3S. The number of aryl methyl sites for hydroxylation is 1. The standard InChI is InChI=1S/C27H27F4N3O3S/c1-3-16-6-4-7-17-14-38-25-19(8-5-9-20(25)28)18(22(16)17)10-12-33(15(2)27(29,30)31)26(37)23-24(36)21(35)11-13-34(23)32/h4-9,11,13,15,18,36H,3,10,12,14,32H2,1-2H3/t15-,18-/m1/s1. The molecule has 6 nitrogen and oxygen atoms in total. The Kier molecular flexibility index (Phi) is 7.78. The van der Waals surface area contributed by atoms with Gasteiger partial charge in [0.2, 0.25) is 5.43 Å². The van der Waals surface area contributed by atoms with Gasteiger partial charge in [-0.25, -0.2) is 4.39 Å². The lowest BCUT2D eigenvalue weighted by atomic mass is 9.82. The average molecular weight is 550 g/mol. The molecule has 1 amide bonds. The van der Waals surface area contributed by atoms with Crippen molar-refractivity contribution in [3.63, 3.8) is 0 Å². The molecule has 0 aliphatic carbocycles. The smallest absolute Gasteiger partial charge is 0.408 e. The molecule has 0 radical (unpaired) electrons. The second-order valence-corrected chi connectivity index (χ2v) is 10.1. The number of carbonyl (C=O) groups excluding carboxylic acids is 1. The van der Waals surface area contributed by atoms with Crippen LogP contribution in [-0.2, 0) is 12.2 Å². The molecule has 0 saturated heterocycles. The predicted molar refractivity (Wildman–Crippen MR) is 137 cm³/mol. The number of nitrogen functional groups attached to an aromatic ring is 1. The van der Waals surface area contributed by atoms with Crippen LogP contribution in [0.15, 0.2) is 58.4 Å². The van der Waals surface area contributed by atoms with Crippen LogP contribution in [-0.4, -0.2) is 39.4 Å². The van der Waals surface area contributed by atoms with Gasteiger partial charge in [0.25, 0.3) is 5.91 Å². The number of thioether (sulfide) groups is 1. The Morgan fingerprint density at radius 3 is 2.63 bits per heavy atom. The summed E-state index contributed by atoms with van der Waals surface area (Å²) in [5, 5.41) is 10.2. The van der Waals surface area contributed by atoms with E-state index in [0.29, 0.717) is 32.2 Å². The summed E-state index contributed by atoms with van der Waals surface area (Å²) in [5.74, 6) is 3.03. The van der Waals surface area contributed by atoms with Crippen LogP contribution in [0.2, 0.25) is 0 Å². The van der Waals surface area contributed by atoms with Crippen LogP contribution in [0.4, 0.5) is 17.6 Å². The number of hydrogen-bond acceptors (Lipinski definition) is 5. The fourth-order valence-electron chi connectivity index (χ4n) is 4.91. The number of pyridine rings is 1. The highest BCUT2D eigenvalue weighted by atomic mass is 32.2. The van der Waals surface area contributed by atoms with Gasteiger partial charge in [0.15, 0.2) is 11.4 Å². The van der Waals surface area contributed by atoms with Crippen LogP contribution >= 0.6 is 11.8 Å². The highest BCUT2D eigenvalue weighted by molar-refractivity contribution is 7.98. The third-order valence-corrected chi connectivity index (χ3v) is 8.10. The maximum Gasteiger partial charge on any atom is 0.408 e. The Morgan fingerprint density at radius 2 is 1.95 bits per heavy atom. The minimum Gasteiger partial charge on any atom is -0.502 e. The highest BCUT2D eigenvalue weighted by Gasteiger charge is 2.43. The van der Waals surface area contributed by atoms with E-state index in [0.717, 1.165) is 35.9 Å². The Hall–Kier alpha value is -3.47. The zero-order valence-electron chi connectivity index (χ0n) is 20.8. The number of alkyl halides is 3. The molecule has 1 aliphatic heterocycles. The van der Waals surface area contributed by atoms with Crippen molar-refractivity contribution in [1.82, 2.24) is 9.58 Å². The zero-order valence-corrected chi connectivity index (χ0v) is 21.6. The van der Waals surface area contributed by atoms with Crippen molar-refractivity contribution in [2.75, 3.05) is 12.4 Å². The molecule has 0 unspecified atom stereocenters. The van der Waals surface area contributed by atoms with Crippen molar-refractivity contribution in [2.24, 2.45) is 0 Å². The van der Waals surface area contributed by atoms with Crippen LogP contribution in [0.1, 0.15) is 58.9 Å². The van der Waals surface area contributed by atoms with Crippen LogP contribution < -0.4 is 11.3 Å². The van der Waals surface area contributed by atoms with Crippen molar-refractivity contribution in [3.05, 3.63) is 92.6 Å². The molecule has 2 atom stereocenters. The third kappa shape index (κ3) is 5.11. The van der Waals surface area contributed by atoms with E-state index in [1.54, 1.807) is 12.1 Å². The van der Waals surface area contributed by atoms with E-state index in [1.807, 2.05) is 25.1 Å². The lowest BCUT2D eigenvalue weighted by molar-refractivity contribution is -0.172. The molecule has 11 heteroatoms. The number of fused-ring (bicyclic) bond motifs is 2. The van der Waals surface area contributed by atoms with Gasteiger partial charge in [-0.3, -0.25) is 14.3 Å². The molecular weight excluding hydrogens is 522 g/mol. The zero-order chi connectivity index (χ0) is 27.8. The summed E-state index contributed by atoms with van der Waals surface area (Å²) >= 11 is 1.33. The largest absolute Gasteiger partial charge is 0.502 e. The van der Waals surface area contributed by atoms with Crippen LogP contribution in [0.25, 0.3) is 0 Å². The molecule has 38 heavy (non-hydrogen) atoms. The summed E-state index contributed by atoms with van der Waals surface area (Å²) in [7, 11) is 0. The molecule has 1 aromatic heterocycles. The fraction of sp³-hybridized carbons (Fsp3) is 0.333. The summed E-state index contributed by atoms with van der Waals surface area (Å²) in [5.41, 5.74) is 1.81. The normalized spacial score (nSPS) is 15.8. The SMILES string of the molecule is CCc1cccc2c1[C@H](CCN(C(=O)c1c(O)c(=O)ccn1N)[C@H](C)C(F)(F)F)c1cccc(F)c1SC2. The van der Waals surface area contributed by atoms with Gasteiger partial charge in [0.05, 0.1) is 0 Å². The minimum absolute atomic E-state index is 0.0373. The molecule has 0 saturated carbocycles. The van der Waals surface area contributed by atoms with Gasteiger partial charge in [0, 0.05) is 35.4 Å². The topological polar surface area (TPSA) is 88.6 Å². The Morgan fingerprint density at radius 1 is 1.24 bits per heavy atom. The summed E-state index contributed by atoms with van der Waals surface area (Å²) in [6.07, 6.45) is -3.10. The van der Waals surface area contributed by atoms with Crippen LogP contribution in [0.5, 0.6) is 5.75 Å². The van der Waals surface area contributed by atoms with Gasteiger partial charge < -0.3 is 15.8 Å². The first kappa shape index (κ1) is 27.6. The Bertz CT molecular complexity index is 1420. The third-order valence-electron chi connectivity index (χ3n) is 6.93. The van der Waals surface area contributed by atoms with E-state index in [2.05, 4.69) is 0 Å². The predicted octanol–water partition coefficient (Wildman–Crippen LogP) is 5.19. The lowest BCUT2D eigenvalue weighted by Gasteiger charge is -2.33. The van der Waals surface area contributed by atoms with Crippen molar-refractivity contribution >= 4 is 17.7 Å². The summed E-state index contributed by atoms with van der Waals surface area (Å²) in [6.45, 7) is 2.40. The molecule has 0 fully saturated rings. The molecule has 0 spiro atoms. The first-order valence-electron chi connectivity index (χ1n) is 12.0. The molecule has 4 rings (SSSR count). The van der Waals surface area contributed by atoms with E-state index in [-0.39, 0.29) is 6.42 Å². The maximum atomic E-state index is 14.9. The monoisotopic (exact) mass is 549 g/mol. The molecule has 2 heterocycles. The highest BCUT2D eigenvalue weighted by Crippen LogP contribution is 2.45. The van der Waals surface area contributed by atoms with Gasteiger partial charge in [-0.2, -0.15) is 13.2 Å². The quantitative estimate of drug-likeness (QED) is 0.326. The van der Waals surface area contributed by atoms with Crippen LogP contribution in [0.3, 0.4) is 0 Å². The number of aromatic nitrogens is 1.